The van der Waals surface area contributed by atoms with Crippen molar-refractivity contribution in [2.24, 2.45) is 0 Å². The molecule has 0 spiro atoms. The summed E-state index contributed by atoms with van der Waals surface area (Å²) in [5.41, 5.74) is 0. The number of hydrogen-bond donors (Lipinski definition) is 2. The fraction of sp³-hybridized carbons (Fsp3) is 0.941. The number of likely N-dealkylation sites (tertiary alicyclic amines) is 2. The Balaban J connectivity index is 1.56. The molecule has 0 aromatic heterocycles. The summed E-state index contributed by atoms with van der Waals surface area (Å²) in [5.74, 6) is 0.166. The Bertz CT molecular complexity index is 317. The molecule has 0 aliphatic carbocycles. The average molecular weight is 311 g/mol. The van der Waals surface area contributed by atoms with Gasteiger partial charge in [0.2, 0.25) is 5.91 Å². The number of nitrogens with one attached hydrogen (secondary N) is 1. The minimum absolute atomic E-state index is 0.166. The summed E-state index contributed by atoms with van der Waals surface area (Å²) in [5, 5.41) is 12.4. The zero-order valence-electron chi connectivity index (χ0n) is 13.9. The van der Waals surface area contributed by atoms with Crippen molar-refractivity contribution in [2.45, 2.75) is 57.4 Å². The van der Waals surface area contributed by atoms with Gasteiger partial charge in [-0.25, -0.2) is 0 Å². The van der Waals surface area contributed by atoms with Crippen molar-refractivity contribution in [1.29, 1.82) is 0 Å². The van der Waals surface area contributed by atoms with Crippen molar-refractivity contribution in [2.75, 3.05) is 45.9 Å². The van der Waals surface area contributed by atoms with Crippen molar-refractivity contribution in [3.05, 3.63) is 0 Å². The number of nitrogens with zero attached hydrogens (tertiary/aromatic N) is 2. The highest BCUT2D eigenvalue weighted by Crippen LogP contribution is 2.16. The molecule has 5 heteroatoms. The highest BCUT2D eigenvalue weighted by Gasteiger charge is 2.20. The van der Waals surface area contributed by atoms with Gasteiger partial charge in [-0.15, -0.1) is 0 Å². The molecular formula is C17H33N3O2. The zero-order valence-corrected chi connectivity index (χ0v) is 13.9. The van der Waals surface area contributed by atoms with E-state index in [1.54, 1.807) is 0 Å². The van der Waals surface area contributed by atoms with Crippen molar-refractivity contribution in [3.63, 3.8) is 0 Å². The van der Waals surface area contributed by atoms with Crippen LogP contribution >= 0.6 is 0 Å². The summed E-state index contributed by atoms with van der Waals surface area (Å²) in [7, 11) is 0. The topological polar surface area (TPSA) is 55.8 Å². The van der Waals surface area contributed by atoms with Gasteiger partial charge in [0.15, 0.2) is 0 Å². The quantitative estimate of drug-likeness (QED) is 0.694. The second kappa shape index (κ2) is 10.2. The lowest BCUT2D eigenvalue weighted by Gasteiger charge is -2.34. The number of rotatable bonds is 7. The van der Waals surface area contributed by atoms with E-state index in [9.17, 15) is 9.90 Å². The lowest BCUT2D eigenvalue weighted by molar-refractivity contribution is -0.122. The number of aliphatic hydroxyl groups excluding tert-OH is 1. The second-order valence-electron chi connectivity index (χ2n) is 6.76. The molecule has 2 rings (SSSR count). The molecule has 128 valence electrons. The Kier molecular flexibility index (Phi) is 8.20. The minimum atomic E-state index is 0.166. The average Bonchev–Trinajstić information content (AvgIpc) is 2.80. The number of piperidine rings is 1. The van der Waals surface area contributed by atoms with E-state index >= 15 is 0 Å². The molecule has 2 fully saturated rings. The van der Waals surface area contributed by atoms with Crippen LogP contribution in [0, 0.1) is 0 Å². The predicted octanol–water partition coefficient (Wildman–Crippen LogP) is 1.22. The molecule has 0 saturated carbocycles. The van der Waals surface area contributed by atoms with E-state index < -0.39 is 0 Å². The maximum absolute atomic E-state index is 12.0. The van der Waals surface area contributed by atoms with E-state index in [0.29, 0.717) is 12.6 Å². The predicted molar refractivity (Wildman–Crippen MR) is 88.8 cm³/mol. The third kappa shape index (κ3) is 6.23. The van der Waals surface area contributed by atoms with Gasteiger partial charge < -0.3 is 10.4 Å². The summed E-state index contributed by atoms with van der Waals surface area (Å²) in [4.78, 5) is 16.7. The van der Waals surface area contributed by atoms with Crippen LogP contribution in [0.25, 0.3) is 0 Å². The van der Waals surface area contributed by atoms with Gasteiger partial charge in [-0.1, -0.05) is 19.3 Å². The molecule has 22 heavy (non-hydrogen) atoms. The van der Waals surface area contributed by atoms with Crippen LogP contribution in [0.15, 0.2) is 0 Å². The Morgan fingerprint density at radius 1 is 1.05 bits per heavy atom. The van der Waals surface area contributed by atoms with Gasteiger partial charge in [-0.3, -0.25) is 14.6 Å². The molecule has 1 amide bonds. The van der Waals surface area contributed by atoms with Crippen molar-refractivity contribution in [1.82, 2.24) is 15.1 Å². The molecular weight excluding hydrogens is 278 g/mol. The third-order valence-corrected chi connectivity index (χ3v) is 4.97. The second-order valence-corrected chi connectivity index (χ2v) is 6.76. The van der Waals surface area contributed by atoms with E-state index in [1.807, 2.05) is 0 Å². The van der Waals surface area contributed by atoms with Gasteiger partial charge in [-0.05, 0) is 51.7 Å². The molecule has 5 nitrogen and oxygen atoms in total. The first-order valence-corrected chi connectivity index (χ1v) is 9.13. The first kappa shape index (κ1) is 17.7. The summed E-state index contributed by atoms with van der Waals surface area (Å²) >= 11 is 0. The van der Waals surface area contributed by atoms with Crippen LogP contribution in [-0.2, 0) is 4.79 Å². The van der Waals surface area contributed by atoms with Gasteiger partial charge in [0, 0.05) is 19.1 Å². The van der Waals surface area contributed by atoms with Gasteiger partial charge in [0.25, 0.3) is 0 Å². The van der Waals surface area contributed by atoms with E-state index in [-0.39, 0.29) is 12.5 Å². The molecule has 0 aromatic rings. The maximum Gasteiger partial charge on any atom is 0.234 e. The van der Waals surface area contributed by atoms with Crippen LogP contribution in [0.1, 0.15) is 51.4 Å². The molecule has 2 heterocycles. The van der Waals surface area contributed by atoms with Crippen LogP contribution in [0.2, 0.25) is 0 Å². The Morgan fingerprint density at radius 3 is 2.50 bits per heavy atom. The molecule has 2 aliphatic rings. The van der Waals surface area contributed by atoms with E-state index in [4.69, 9.17) is 0 Å². The number of amides is 1. The number of aliphatic hydroxyl groups is 1. The first-order chi connectivity index (χ1) is 10.8. The maximum atomic E-state index is 12.0. The van der Waals surface area contributed by atoms with Gasteiger partial charge in [0.05, 0.1) is 13.2 Å². The normalized spacial score (nSPS) is 24.9. The monoisotopic (exact) mass is 311 g/mol. The van der Waals surface area contributed by atoms with E-state index in [0.717, 1.165) is 45.6 Å². The zero-order chi connectivity index (χ0) is 15.6. The smallest absolute Gasteiger partial charge is 0.234 e. The van der Waals surface area contributed by atoms with Crippen LogP contribution in [0.3, 0.4) is 0 Å². The highest BCUT2D eigenvalue weighted by molar-refractivity contribution is 5.77. The Hall–Kier alpha value is -0.650. The molecule has 1 unspecified atom stereocenters. The Morgan fingerprint density at radius 2 is 1.77 bits per heavy atom. The highest BCUT2D eigenvalue weighted by atomic mass is 16.3. The molecule has 1 atom stereocenters. The fourth-order valence-corrected chi connectivity index (χ4v) is 3.62. The van der Waals surface area contributed by atoms with Crippen LogP contribution in [0.5, 0.6) is 0 Å². The molecule has 0 aromatic carbocycles. The molecule has 0 bridgehead atoms. The third-order valence-electron chi connectivity index (χ3n) is 4.97. The molecule has 2 aliphatic heterocycles. The van der Waals surface area contributed by atoms with Crippen molar-refractivity contribution in [3.8, 4) is 0 Å². The Labute approximate surface area is 135 Å². The molecule has 2 N–H and O–H groups in total. The van der Waals surface area contributed by atoms with Crippen LogP contribution < -0.4 is 5.32 Å². The van der Waals surface area contributed by atoms with Crippen molar-refractivity contribution >= 4 is 5.91 Å². The number of carbonyl (C=O) groups excluding carboxylic acids is 1. The minimum Gasteiger partial charge on any atom is -0.395 e. The van der Waals surface area contributed by atoms with Gasteiger partial charge >= 0.3 is 0 Å². The van der Waals surface area contributed by atoms with Gasteiger partial charge in [0.1, 0.15) is 0 Å². The van der Waals surface area contributed by atoms with Crippen LogP contribution in [-0.4, -0.2) is 72.7 Å². The largest absolute Gasteiger partial charge is 0.395 e. The number of hydrogen-bond acceptors (Lipinski definition) is 4. The lowest BCUT2D eigenvalue weighted by atomic mass is 10.0. The number of carbonyl (C=O) groups is 1. The fourth-order valence-electron chi connectivity index (χ4n) is 3.62. The van der Waals surface area contributed by atoms with Gasteiger partial charge in [-0.2, -0.15) is 0 Å². The summed E-state index contributed by atoms with van der Waals surface area (Å²) in [6.45, 7) is 5.78. The van der Waals surface area contributed by atoms with Crippen molar-refractivity contribution < 1.29 is 9.90 Å². The molecule has 2 saturated heterocycles. The van der Waals surface area contributed by atoms with Crippen LogP contribution in [0.4, 0.5) is 0 Å². The van der Waals surface area contributed by atoms with E-state index in [1.165, 1.54) is 38.5 Å². The SMILES string of the molecule is O=C(CN1CCCCCC1)NCCCN1CCCCC1CO. The summed E-state index contributed by atoms with van der Waals surface area (Å²) in [6, 6.07) is 0.335. The summed E-state index contributed by atoms with van der Waals surface area (Å²) in [6.07, 6.45) is 9.61. The summed E-state index contributed by atoms with van der Waals surface area (Å²) < 4.78 is 0. The standard InChI is InChI=1S/C17H33N3O2/c21-15-16-8-3-6-12-20(16)13-7-9-18-17(22)14-19-10-4-1-2-5-11-19/h16,21H,1-15H2,(H,18,22). The van der Waals surface area contributed by atoms with E-state index in [2.05, 4.69) is 15.1 Å². The first-order valence-electron chi connectivity index (χ1n) is 9.13. The lowest BCUT2D eigenvalue weighted by Crippen LogP contribution is -2.43. The molecule has 0 radical (unpaired) electrons.